The lowest BCUT2D eigenvalue weighted by Gasteiger charge is -2.40. The van der Waals surface area contributed by atoms with Crippen molar-refractivity contribution >= 4 is 20.9 Å². The number of hydrogen-bond donors (Lipinski definition) is 2. The molecular formula is C9H20ClN2O2P. The van der Waals surface area contributed by atoms with E-state index in [-0.39, 0.29) is 24.0 Å². The summed E-state index contributed by atoms with van der Waals surface area (Å²) < 4.78 is 1.65. The zero-order valence-corrected chi connectivity index (χ0v) is 11.3. The topological polar surface area (TPSA) is 67.5 Å². The Morgan fingerprint density at radius 3 is 2.13 bits per heavy atom. The highest BCUT2D eigenvalue weighted by Crippen LogP contribution is 2.41. The predicted molar refractivity (Wildman–Crippen MR) is 64.5 cm³/mol. The average molecular weight is 255 g/mol. The second kappa shape index (κ2) is 7.38. The van der Waals surface area contributed by atoms with Crippen LogP contribution in [-0.2, 0) is 0 Å². The lowest BCUT2D eigenvalue weighted by molar-refractivity contribution is 0.156. The Morgan fingerprint density at radius 1 is 1.40 bits per heavy atom. The van der Waals surface area contributed by atoms with Crippen LogP contribution in [0.2, 0.25) is 0 Å². The summed E-state index contributed by atoms with van der Waals surface area (Å²) in [6, 6.07) is 2.13. The Bertz CT molecular complexity index is 209. The second-order valence-electron chi connectivity index (χ2n) is 4.18. The van der Waals surface area contributed by atoms with Gasteiger partial charge >= 0.3 is 0 Å². The third-order valence-electron chi connectivity index (χ3n) is 2.15. The van der Waals surface area contributed by atoms with Gasteiger partial charge in [0.2, 0.25) is 0 Å². The van der Waals surface area contributed by atoms with Crippen molar-refractivity contribution in [3.8, 4) is 6.07 Å². The summed E-state index contributed by atoms with van der Waals surface area (Å²) in [7, 11) is -2.08. The zero-order chi connectivity index (χ0) is 11.4. The van der Waals surface area contributed by atoms with Crippen LogP contribution in [0, 0.1) is 11.3 Å². The van der Waals surface area contributed by atoms with Crippen LogP contribution in [0.1, 0.15) is 40.5 Å². The molecule has 0 bridgehead atoms. The van der Waals surface area contributed by atoms with Gasteiger partial charge in [0.25, 0.3) is 8.53 Å². The largest absolute Gasteiger partial charge is 0.338 e. The third-order valence-corrected chi connectivity index (χ3v) is 3.54. The van der Waals surface area contributed by atoms with Gasteiger partial charge in [0, 0.05) is 18.0 Å². The van der Waals surface area contributed by atoms with Crippen LogP contribution in [0.25, 0.3) is 0 Å². The summed E-state index contributed by atoms with van der Waals surface area (Å²) >= 11 is 0. The van der Waals surface area contributed by atoms with Gasteiger partial charge in [-0.25, -0.2) is 4.67 Å². The van der Waals surface area contributed by atoms with Gasteiger partial charge in [-0.3, -0.25) is 0 Å². The summed E-state index contributed by atoms with van der Waals surface area (Å²) in [5.41, 5.74) is -0.348. The Kier molecular flexibility index (Phi) is 8.60. The highest BCUT2D eigenvalue weighted by molar-refractivity contribution is 7.42. The minimum Gasteiger partial charge on any atom is -0.338 e. The molecule has 0 aliphatic carbocycles. The lowest BCUT2D eigenvalue weighted by atomic mass is 9.98. The van der Waals surface area contributed by atoms with Crippen molar-refractivity contribution in [2.24, 2.45) is 0 Å². The Morgan fingerprint density at radius 2 is 1.87 bits per heavy atom. The van der Waals surface area contributed by atoms with E-state index in [4.69, 9.17) is 5.26 Å². The van der Waals surface area contributed by atoms with Gasteiger partial charge in [-0.05, 0) is 34.1 Å². The smallest absolute Gasteiger partial charge is 0.253 e. The van der Waals surface area contributed by atoms with Crippen LogP contribution in [0.3, 0.4) is 0 Å². The first-order valence-electron chi connectivity index (χ1n) is 4.67. The normalized spacial score (nSPS) is 11.7. The van der Waals surface area contributed by atoms with Gasteiger partial charge in [-0.2, -0.15) is 5.26 Å². The Balaban J connectivity index is 0. The fourth-order valence-electron chi connectivity index (χ4n) is 1.62. The van der Waals surface area contributed by atoms with Crippen LogP contribution < -0.4 is 0 Å². The van der Waals surface area contributed by atoms with Crippen molar-refractivity contribution in [1.29, 1.82) is 5.26 Å². The van der Waals surface area contributed by atoms with Crippen molar-refractivity contribution in [1.82, 2.24) is 4.67 Å². The van der Waals surface area contributed by atoms with E-state index in [0.717, 1.165) is 0 Å². The first-order valence-corrected chi connectivity index (χ1v) is 5.87. The van der Waals surface area contributed by atoms with Crippen molar-refractivity contribution in [3.63, 3.8) is 0 Å². The molecule has 2 N–H and O–H groups in total. The molecule has 0 radical (unpaired) electrons. The van der Waals surface area contributed by atoms with E-state index in [2.05, 4.69) is 6.07 Å². The summed E-state index contributed by atoms with van der Waals surface area (Å²) in [4.78, 5) is 18.6. The number of rotatable bonds is 5. The molecule has 0 fully saturated rings. The third kappa shape index (κ3) is 5.65. The lowest BCUT2D eigenvalue weighted by Crippen LogP contribution is -2.44. The maximum Gasteiger partial charge on any atom is 0.253 e. The maximum atomic E-state index is 9.28. The van der Waals surface area contributed by atoms with E-state index in [9.17, 15) is 9.79 Å². The van der Waals surface area contributed by atoms with Crippen LogP contribution >= 0.6 is 20.9 Å². The molecule has 0 rings (SSSR count). The van der Waals surface area contributed by atoms with E-state index >= 15 is 0 Å². The molecule has 0 aliphatic heterocycles. The molecule has 4 nitrogen and oxygen atoms in total. The molecule has 0 unspecified atom stereocenters. The Hall–Kier alpha value is 0.0900. The quantitative estimate of drug-likeness (QED) is 0.740. The second-order valence-corrected chi connectivity index (χ2v) is 5.14. The average Bonchev–Trinajstić information content (AvgIpc) is 1.98. The Labute approximate surface area is 99.3 Å². The van der Waals surface area contributed by atoms with Crippen molar-refractivity contribution in [3.05, 3.63) is 0 Å². The molecule has 0 amide bonds. The molecule has 0 spiro atoms. The van der Waals surface area contributed by atoms with E-state index in [1.807, 2.05) is 27.7 Å². The molecular weight excluding hydrogens is 235 g/mol. The molecule has 0 heterocycles. The highest BCUT2D eigenvalue weighted by atomic mass is 35.5. The van der Waals surface area contributed by atoms with E-state index < -0.39 is 8.53 Å². The summed E-state index contributed by atoms with van der Waals surface area (Å²) in [6.45, 7) is 7.67. The van der Waals surface area contributed by atoms with Crippen LogP contribution in [0.15, 0.2) is 0 Å². The van der Waals surface area contributed by atoms with E-state index in [0.29, 0.717) is 12.8 Å². The molecule has 0 aromatic rings. The molecule has 0 atom stereocenters. The summed E-state index contributed by atoms with van der Waals surface area (Å²) in [6.07, 6.45) is 1.07. The number of halogens is 1. The van der Waals surface area contributed by atoms with Crippen molar-refractivity contribution in [2.45, 2.75) is 52.1 Å². The standard InChI is InChI=1S/C9H19N2O2P.ClH/c1-8(2)11(14(12)13)9(3,4)6-5-7-10;/h8,12-13H,5-6H2,1-4H3;1H. The number of nitrogens with zero attached hydrogens (tertiary/aromatic N) is 2. The van der Waals surface area contributed by atoms with Gasteiger partial charge in [0.1, 0.15) is 0 Å². The molecule has 0 aliphatic rings. The van der Waals surface area contributed by atoms with E-state index in [1.165, 1.54) is 0 Å². The maximum absolute atomic E-state index is 9.28. The number of nitriles is 1. The predicted octanol–water partition coefficient (Wildman–Crippen LogP) is 2.41. The van der Waals surface area contributed by atoms with Gasteiger partial charge in [-0.15, -0.1) is 12.4 Å². The van der Waals surface area contributed by atoms with Crippen molar-refractivity contribution < 1.29 is 9.79 Å². The monoisotopic (exact) mass is 254 g/mol. The molecule has 15 heavy (non-hydrogen) atoms. The highest BCUT2D eigenvalue weighted by Gasteiger charge is 2.33. The van der Waals surface area contributed by atoms with Crippen LogP contribution in [0.4, 0.5) is 0 Å². The zero-order valence-electron chi connectivity index (χ0n) is 9.64. The van der Waals surface area contributed by atoms with Crippen molar-refractivity contribution in [2.75, 3.05) is 0 Å². The molecule has 0 saturated heterocycles. The molecule has 0 aromatic heterocycles. The summed E-state index contributed by atoms with van der Waals surface area (Å²) in [5.74, 6) is 0. The first kappa shape index (κ1) is 17.5. The van der Waals surface area contributed by atoms with Gasteiger partial charge in [0.15, 0.2) is 0 Å². The van der Waals surface area contributed by atoms with Crippen LogP contribution in [0.5, 0.6) is 0 Å². The minimum absolute atomic E-state index is 0. The number of hydrogen-bond acceptors (Lipinski definition) is 4. The molecule has 0 aromatic carbocycles. The first-order chi connectivity index (χ1) is 6.33. The molecule has 0 saturated carbocycles. The SMILES string of the molecule is CC(C)N(P(O)O)C(C)(C)CCC#N.Cl. The van der Waals surface area contributed by atoms with Gasteiger partial charge < -0.3 is 9.79 Å². The van der Waals surface area contributed by atoms with Crippen LogP contribution in [-0.4, -0.2) is 26.0 Å². The fourth-order valence-corrected chi connectivity index (χ4v) is 2.62. The summed E-state index contributed by atoms with van der Waals surface area (Å²) in [5, 5.41) is 8.50. The molecule has 90 valence electrons. The van der Waals surface area contributed by atoms with Gasteiger partial charge in [0.05, 0.1) is 6.07 Å². The fraction of sp³-hybridized carbons (Fsp3) is 0.889. The van der Waals surface area contributed by atoms with Gasteiger partial charge in [-0.1, -0.05) is 0 Å². The van der Waals surface area contributed by atoms with E-state index in [1.54, 1.807) is 4.67 Å². The minimum atomic E-state index is -2.08. The molecule has 6 heteroatoms.